The third-order valence-corrected chi connectivity index (χ3v) is 5.57. The highest BCUT2D eigenvalue weighted by Gasteiger charge is 2.13. The van der Waals surface area contributed by atoms with Crippen LogP contribution in [0.15, 0.2) is 46.5 Å². The van der Waals surface area contributed by atoms with E-state index in [1.165, 1.54) is 16.9 Å². The first-order valence-electron chi connectivity index (χ1n) is 8.30. The molecule has 0 aliphatic carbocycles. The van der Waals surface area contributed by atoms with Gasteiger partial charge in [-0.05, 0) is 42.2 Å². The number of thiophene rings is 1. The molecule has 0 aliphatic rings. The van der Waals surface area contributed by atoms with E-state index >= 15 is 0 Å². The van der Waals surface area contributed by atoms with Gasteiger partial charge in [-0.3, -0.25) is 9.69 Å². The number of carbonyl (C=O) groups is 1. The second-order valence-electron chi connectivity index (χ2n) is 5.67. The Hall–Kier alpha value is -2.02. The number of aromatic nitrogens is 1. The lowest BCUT2D eigenvalue weighted by molar-refractivity contribution is 0.102. The van der Waals surface area contributed by atoms with E-state index in [9.17, 15) is 4.79 Å². The average molecular weight is 372 g/mol. The van der Waals surface area contributed by atoms with Gasteiger partial charge in [0.2, 0.25) is 0 Å². The van der Waals surface area contributed by atoms with Gasteiger partial charge in [0.05, 0.1) is 0 Å². The Morgan fingerprint density at radius 1 is 1.20 bits per heavy atom. The topological polar surface area (TPSA) is 45.2 Å². The third-order valence-electron chi connectivity index (χ3n) is 3.99. The molecule has 0 atom stereocenters. The molecule has 0 aliphatic heterocycles. The standard InChI is InChI=1S/C19H21N3OS2/c1-3-22(4-2)11-14-6-5-7-16(10-14)20-18(23)17-13-25-19(21-17)15-8-9-24-12-15/h5-10,12-13H,3-4,11H2,1-2H3,(H,20,23). The summed E-state index contributed by atoms with van der Waals surface area (Å²) in [4.78, 5) is 19.3. The van der Waals surface area contributed by atoms with Crippen LogP contribution in [0.3, 0.4) is 0 Å². The first kappa shape index (κ1) is 17.8. The summed E-state index contributed by atoms with van der Waals surface area (Å²) in [5.41, 5.74) is 3.52. The average Bonchev–Trinajstić information content (AvgIpc) is 3.31. The zero-order chi connectivity index (χ0) is 17.6. The maximum Gasteiger partial charge on any atom is 0.275 e. The highest BCUT2D eigenvalue weighted by atomic mass is 32.1. The van der Waals surface area contributed by atoms with E-state index in [1.807, 2.05) is 40.4 Å². The predicted octanol–water partition coefficient (Wildman–Crippen LogP) is 4.97. The maximum atomic E-state index is 12.5. The number of hydrogen-bond acceptors (Lipinski definition) is 5. The van der Waals surface area contributed by atoms with Crippen molar-refractivity contribution < 1.29 is 4.79 Å². The van der Waals surface area contributed by atoms with Crippen molar-refractivity contribution in [1.82, 2.24) is 9.88 Å². The van der Waals surface area contributed by atoms with Crippen LogP contribution in [0.25, 0.3) is 10.6 Å². The van der Waals surface area contributed by atoms with Gasteiger partial charge in [-0.15, -0.1) is 11.3 Å². The van der Waals surface area contributed by atoms with E-state index < -0.39 is 0 Å². The fourth-order valence-electron chi connectivity index (χ4n) is 2.54. The summed E-state index contributed by atoms with van der Waals surface area (Å²) in [6, 6.07) is 10.0. The van der Waals surface area contributed by atoms with Crippen LogP contribution < -0.4 is 5.32 Å². The van der Waals surface area contributed by atoms with Crippen molar-refractivity contribution >= 4 is 34.3 Å². The van der Waals surface area contributed by atoms with Crippen molar-refractivity contribution in [1.29, 1.82) is 0 Å². The monoisotopic (exact) mass is 371 g/mol. The summed E-state index contributed by atoms with van der Waals surface area (Å²) >= 11 is 3.12. The molecule has 0 bridgehead atoms. The number of nitrogens with one attached hydrogen (secondary N) is 1. The molecule has 0 radical (unpaired) electrons. The number of amides is 1. The highest BCUT2D eigenvalue weighted by molar-refractivity contribution is 7.14. The minimum absolute atomic E-state index is 0.169. The largest absolute Gasteiger partial charge is 0.321 e. The Morgan fingerprint density at radius 2 is 2.04 bits per heavy atom. The molecule has 2 heterocycles. The zero-order valence-corrected chi connectivity index (χ0v) is 16.0. The Bertz CT molecular complexity index is 823. The summed E-state index contributed by atoms with van der Waals surface area (Å²) in [5.74, 6) is -0.169. The lowest BCUT2D eigenvalue weighted by atomic mass is 10.2. The fraction of sp³-hybridized carbons (Fsp3) is 0.263. The van der Waals surface area contributed by atoms with Gasteiger partial charge >= 0.3 is 0 Å². The van der Waals surface area contributed by atoms with Gasteiger partial charge in [-0.25, -0.2) is 4.98 Å². The van der Waals surface area contributed by atoms with Crippen molar-refractivity contribution in [2.75, 3.05) is 18.4 Å². The van der Waals surface area contributed by atoms with Crippen LogP contribution >= 0.6 is 22.7 Å². The second-order valence-corrected chi connectivity index (χ2v) is 7.30. The van der Waals surface area contributed by atoms with Gasteiger partial charge < -0.3 is 5.32 Å². The van der Waals surface area contributed by atoms with E-state index in [-0.39, 0.29) is 5.91 Å². The van der Waals surface area contributed by atoms with Crippen LogP contribution in [0.5, 0.6) is 0 Å². The summed E-state index contributed by atoms with van der Waals surface area (Å²) in [7, 11) is 0. The van der Waals surface area contributed by atoms with E-state index in [0.717, 1.165) is 35.9 Å². The molecule has 1 amide bonds. The van der Waals surface area contributed by atoms with Gasteiger partial charge in [0.1, 0.15) is 10.7 Å². The molecule has 6 heteroatoms. The van der Waals surface area contributed by atoms with Crippen molar-refractivity contribution in [2.24, 2.45) is 0 Å². The summed E-state index contributed by atoms with van der Waals surface area (Å²) < 4.78 is 0. The third kappa shape index (κ3) is 4.54. The molecule has 1 aromatic carbocycles. The van der Waals surface area contributed by atoms with Crippen LogP contribution in [0.1, 0.15) is 29.9 Å². The predicted molar refractivity (Wildman–Crippen MR) is 106 cm³/mol. The molecule has 25 heavy (non-hydrogen) atoms. The van der Waals surface area contributed by atoms with Gasteiger partial charge in [-0.2, -0.15) is 11.3 Å². The summed E-state index contributed by atoms with van der Waals surface area (Å²) in [6.45, 7) is 7.22. The molecule has 130 valence electrons. The van der Waals surface area contributed by atoms with E-state index in [0.29, 0.717) is 5.69 Å². The normalized spacial score (nSPS) is 11.0. The van der Waals surface area contributed by atoms with Crippen molar-refractivity contribution in [2.45, 2.75) is 20.4 Å². The second kappa shape index (κ2) is 8.38. The molecule has 0 saturated carbocycles. The molecule has 4 nitrogen and oxygen atoms in total. The summed E-state index contributed by atoms with van der Waals surface area (Å²) in [5, 5.41) is 9.69. The van der Waals surface area contributed by atoms with Crippen molar-refractivity contribution in [3.63, 3.8) is 0 Å². The molecule has 0 unspecified atom stereocenters. The molecule has 0 fully saturated rings. The van der Waals surface area contributed by atoms with Gasteiger partial charge in [0.25, 0.3) is 5.91 Å². The first-order valence-corrected chi connectivity index (χ1v) is 10.1. The maximum absolute atomic E-state index is 12.5. The fourth-order valence-corrected chi connectivity index (χ4v) is 4.06. The van der Waals surface area contributed by atoms with Crippen LogP contribution in [0.2, 0.25) is 0 Å². The Balaban J connectivity index is 1.69. The minimum atomic E-state index is -0.169. The van der Waals surface area contributed by atoms with Gasteiger partial charge in [0.15, 0.2) is 0 Å². The smallest absolute Gasteiger partial charge is 0.275 e. The lowest BCUT2D eigenvalue weighted by Crippen LogP contribution is -2.22. The number of carbonyl (C=O) groups excluding carboxylic acids is 1. The SMILES string of the molecule is CCN(CC)Cc1cccc(NC(=O)c2csc(-c3ccsc3)n2)c1. The molecule has 0 spiro atoms. The minimum Gasteiger partial charge on any atom is -0.321 e. The van der Waals surface area contributed by atoms with Gasteiger partial charge in [0, 0.05) is 28.6 Å². The number of thiazole rings is 1. The van der Waals surface area contributed by atoms with Crippen LogP contribution in [0.4, 0.5) is 5.69 Å². The molecule has 2 aromatic heterocycles. The highest BCUT2D eigenvalue weighted by Crippen LogP contribution is 2.26. The van der Waals surface area contributed by atoms with Crippen LogP contribution in [0, 0.1) is 0 Å². The number of anilines is 1. The first-order chi connectivity index (χ1) is 12.2. The van der Waals surface area contributed by atoms with Crippen molar-refractivity contribution in [3.8, 4) is 10.6 Å². The van der Waals surface area contributed by atoms with Gasteiger partial charge in [-0.1, -0.05) is 26.0 Å². The molecular formula is C19H21N3OS2. The number of hydrogen-bond donors (Lipinski definition) is 1. The molecule has 3 rings (SSSR count). The van der Waals surface area contributed by atoms with Crippen LogP contribution in [-0.2, 0) is 6.54 Å². The van der Waals surface area contributed by atoms with Crippen LogP contribution in [-0.4, -0.2) is 28.9 Å². The van der Waals surface area contributed by atoms with Crippen molar-refractivity contribution in [3.05, 3.63) is 57.7 Å². The van der Waals surface area contributed by atoms with E-state index in [4.69, 9.17) is 0 Å². The lowest BCUT2D eigenvalue weighted by Gasteiger charge is -2.18. The Labute approximate surface area is 156 Å². The molecule has 1 N–H and O–H groups in total. The summed E-state index contributed by atoms with van der Waals surface area (Å²) in [6.07, 6.45) is 0. The molecule has 3 aromatic rings. The van der Waals surface area contributed by atoms with E-state index in [1.54, 1.807) is 11.3 Å². The zero-order valence-electron chi connectivity index (χ0n) is 14.4. The quantitative estimate of drug-likeness (QED) is 0.638. The molecule has 0 saturated heterocycles. The molecular weight excluding hydrogens is 350 g/mol. The number of nitrogens with zero attached hydrogens (tertiary/aromatic N) is 2. The number of benzene rings is 1. The Morgan fingerprint density at radius 3 is 2.76 bits per heavy atom. The number of rotatable bonds is 7. The Kier molecular flexibility index (Phi) is 5.96. The van der Waals surface area contributed by atoms with E-state index in [2.05, 4.69) is 35.1 Å².